The number of halogens is 2. The van der Waals surface area contributed by atoms with E-state index in [9.17, 15) is 9.18 Å². The maximum absolute atomic E-state index is 12.7. The lowest BCUT2D eigenvalue weighted by Crippen LogP contribution is -1.88. The van der Waals surface area contributed by atoms with Gasteiger partial charge < -0.3 is 3.07 Å². The van der Waals surface area contributed by atoms with Crippen LogP contribution in [0.5, 0.6) is 5.75 Å². The molecule has 0 unspecified atom stereocenters. The van der Waals surface area contributed by atoms with Gasteiger partial charge in [0.25, 0.3) is 0 Å². The summed E-state index contributed by atoms with van der Waals surface area (Å²) in [4.78, 5) is 10.3. The van der Waals surface area contributed by atoms with Crippen LogP contribution in [0.25, 0.3) is 0 Å². The average Bonchev–Trinajstić information content (AvgIpc) is 2.04. The lowest BCUT2D eigenvalue weighted by molar-refractivity contribution is 0.112. The number of hydrogen-bond acceptors (Lipinski definition) is 2. The van der Waals surface area contributed by atoms with E-state index < -0.39 is 5.82 Å². The first kappa shape index (κ1) is 8.45. The third-order valence-corrected chi connectivity index (χ3v) is 1.64. The van der Waals surface area contributed by atoms with Gasteiger partial charge in [-0.2, -0.15) is 0 Å². The highest BCUT2D eigenvalue weighted by Crippen LogP contribution is 2.22. The molecule has 1 aromatic rings. The second-order valence-electron chi connectivity index (χ2n) is 1.85. The Bertz CT molecular complexity index is 275. The van der Waals surface area contributed by atoms with Crippen molar-refractivity contribution in [1.82, 2.24) is 0 Å². The SMILES string of the molecule is O=Cc1cccc(F)c1OI. The summed E-state index contributed by atoms with van der Waals surface area (Å²) in [6, 6.07) is 4.18. The van der Waals surface area contributed by atoms with Crippen molar-refractivity contribution in [2.45, 2.75) is 0 Å². The molecule has 0 saturated heterocycles. The molecule has 0 bridgehead atoms. The Hall–Kier alpha value is -0.650. The number of hydrogen-bond donors (Lipinski definition) is 0. The van der Waals surface area contributed by atoms with Gasteiger partial charge in [0.15, 0.2) is 40.9 Å². The molecule has 58 valence electrons. The monoisotopic (exact) mass is 266 g/mol. The quantitative estimate of drug-likeness (QED) is 0.606. The van der Waals surface area contributed by atoms with E-state index in [1.807, 2.05) is 0 Å². The van der Waals surface area contributed by atoms with Crippen LogP contribution in [0, 0.1) is 5.82 Å². The molecule has 4 heteroatoms. The third kappa shape index (κ3) is 1.68. The van der Waals surface area contributed by atoms with Crippen molar-refractivity contribution in [2.24, 2.45) is 0 Å². The van der Waals surface area contributed by atoms with Crippen molar-refractivity contribution in [3.8, 4) is 5.75 Å². The summed E-state index contributed by atoms with van der Waals surface area (Å²) in [5.41, 5.74) is 0.222. The largest absolute Gasteiger partial charge is 0.424 e. The van der Waals surface area contributed by atoms with Gasteiger partial charge in [0.2, 0.25) is 0 Å². The number of benzene rings is 1. The molecular weight excluding hydrogens is 262 g/mol. The average molecular weight is 266 g/mol. The lowest BCUT2D eigenvalue weighted by atomic mass is 10.2. The van der Waals surface area contributed by atoms with Gasteiger partial charge in [0, 0.05) is 0 Å². The highest BCUT2D eigenvalue weighted by atomic mass is 127. The van der Waals surface area contributed by atoms with Crippen molar-refractivity contribution in [3.05, 3.63) is 29.6 Å². The summed E-state index contributed by atoms with van der Waals surface area (Å²) in [5.74, 6) is -0.535. The molecule has 2 nitrogen and oxygen atoms in total. The van der Waals surface area contributed by atoms with E-state index in [1.165, 1.54) is 41.2 Å². The van der Waals surface area contributed by atoms with E-state index in [1.54, 1.807) is 0 Å². The van der Waals surface area contributed by atoms with Crippen LogP contribution < -0.4 is 3.07 Å². The zero-order chi connectivity index (χ0) is 8.27. The summed E-state index contributed by atoms with van der Waals surface area (Å²) in [5, 5.41) is 0. The fourth-order valence-corrected chi connectivity index (χ4v) is 1.16. The number of carbonyl (C=O) groups excluding carboxylic acids is 1. The van der Waals surface area contributed by atoms with Crippen LogP contribution in [0.15, 0.2) is 18.2 Å². The Morgan fingerprint density at radius 3 is 2.73 bits per heavy atom. The Kier molecular flexibility index (Phi) is 2.81. The molecular formula is C7H4FIO2. The summed E-state index contributed by atoms with van der Waals surface area (Å²) >= 11 is 1.53. The molecule has 0 radical (unpaired) electrons. The first-order valence-corrected chi connectivity index (χ1v) is 3.70. The van der Waals surface area contributed by atoms with Gasteiger partial charge in [0.1, 0.15) is 0 Å². The normalized spacial score (nSPS) is 9.27. The summed E-state index contributed by atoms with van der Waals surface area (Å²) in [6.07, 6.45) is 0.553. The summed E-state index contributed by atoms with van der Waals surface area (Å²) in [7, 11) is 0. The molecule has 1 aromatic carbocycles. The number of rotatable bonds is 2. The fourth-order valence-electron chi connectivity index (χ4n) is 0.700. The number of para-hydroxylation sites is 1. The maximum atomic E-state index is 12.7. The molecule has 0 spiro atoms. The molecule has 0 saturated carbocycles. The van der Waals surface area contributed by atoms with E-state index in [-0.39, 0.29) is 11.3 Å². The van der Waals surface area contributed by atoms with Crippen molar-refractivity contribution < 1.29 is 12.3 Å². The maximum Gasteiger partial charge on any atom is 0.192 e. The molecule has 0 aromatic heterocycles. The van der Waals surface area contributed by atoms with Crippen LogP contribution in [0.4, 0.5) is 4.39 Å². The molecule has 0 aliphatic heterocycles. The van der Waals surface area contributed by atoms with Gasteiger partial charge in [-0.1, -0.05) is 6.07 Å². The molecule has 0 heterocycles. The van der Waals surface area contributed by atoms with Crippen LogP contribution in [0.2, 0.25) is 0 Å². The number of carbonyl (C=O) groups is 1. The Morgan fingerprint density at radius 2 is 2.27 bits per heavy atom. The molecule has 0 N–H and O–H groups in total. The summed E-state index contributed by atoms with van der Waals surface area (Å²) in [6.45, 7) is 0. The van der Waals surface area contributed by atoms with E-state index in [0.717, 1.165) is 0 Å². The minimum atomic E-state index is -0.524. The van der Waals surface area contributed by atoms with Crippen LogP contribution in [-0.2, 0) is 0 Å². The lowest BCUT2D eigenvalue weighted by Gasteiger charge is -2.00. The molecule has 1 rings (SSSR count). The second kappa shape index (κ2) is 3.66. The number of aldehydes is 1. The first-order chi connectivity index (χ1) is 5.29. The Balaban J connectivity index is 3.23. The van der Waals surface area contributed by atoms with Crippen molar-refractivity contribution in [1.29, 1.82) is 0 Å². The third-order valence-electron chi connectivity index (χ3n) is 1.20. The minimum absolute atomic E-state index is 0.0110. The van der Waals surface area contributed by atoms with E-state index in [0.29, 0.717) is 6.29 Å². The predicted molar refractivity (Wildman–Crippen MR) is 46.4 cm³/mol. The molecule has 11 heavy (non-hydrogen) atoms. The van der Waals surface area contributed by atoms with Crippen molar-refractivity contribution >= 4 is 29.3 Å². The second-order valence-corrected chi connectivity index (χ2v) is 2.29. The Morgan fingerprint density at radius 1 is 1.55 bits per heavy atom. The minimum Gasteiger partial charge on any atom is -0.424 e. The Labute approximate surface area is 77.1 Å². The van der Waals surface area contributed by atoms with Crippen LogP contribution in [0.1, 0.15) is 10.4 Å². The van der Waals surface area contributed by atoms with Crippen LogP contribution in [0.3, 0.4) is 0 Å². The first-order valence-electron chi connectivity index (χ1n) is 2.82. The highest BCUT2D eigenvalue weighted by molar-refractivity contribution is 14.1. The molecule has 0 fully saturated rings. The molecule has 0 amide bonds. The zero-order valence-corrected chi connectivity index (χ0v) is 7.54. The van der Waals surface area contributed by atoms with Crippen molar-refractivity contribution in [2.75, 3.05) is 0 Å². The molecule has 0 aliphatic carbocycles. The smallest absolute Gasteiger partial charge is 0.192 e. The molecule has 0 aliphatic rings. The highest BCUT2D eigenvalue weighted by Gasteiger charge is 2.07. The van der Waals surface area contributed by atoms with Gasteiger partial charge in [-0.15, -0.1) is 0 Å². The standard InChI is InChI=1S/C7H4FIO2/c8-6-3-1-2-5(4-10)7(6)11-9/h1-4H. The van der Waals surface area contributed by atoms with Crippen LogP contribution >= 0.6 is 23.0 Å². The predicted octanol–water partition coefficient (Wildman–Crippen LogP) is 2.37. The van der Waals surface area contributed by atoms with Gasteiger partial charge in [-0.25, -0.2) is 4.39 Å². The van der Waals surface area contributed by atoms with Gasteiger partial charge in [0.05, 0.1) is 5.56 Å². The zero-order valence-electron chi connectivity index (χ0n) is 5.38. The van der Waals surface area contributed by atoms with Crippen LogP contribution in [-0.4, -0.2) is 6.29 Å². The summed E-state index contributed by atoms with van der Waals surface area (Å²) < 4.78 is 17.4. The van der Waals surface area contributed by atoms with Gasteiger partial charge >= 0.3 is 0 Å². The van der Waals surface area contributed by atoms with Crippen molar-refractivity contribution in [3.63, 3.8) is 0 Å². The van der Waals surface area contributed by atoms with E-state index in [4.69, 9.17) is 0 Å². The van der Waals surface area contributed by atoms with E-state index in [2.05, 4.69) is 3.07 Å². The van der Waals surface area contributed by atoms with E-state index >= 15 is 0 Å². The molecule has 0 atom stereocenters. The van der Waals surface area contributed by atoms with Gasteiger partial charge in [-0.3, -0.25) is 4.79 Å². The fraction of sp³-hybridized carbons (Fsp3) is 0. The topological polar surface area (TPSA) is 26.3 Å². The van der Waals surface area contributed by atoms with Gasteiger partial charge in [-0.05, 0) is 12.1 Å².